The van der Waals surface area contributed by atoms with Crippen molar-refractivity contribution in [3.05, 3.63) is 83.9 Å². The number of ketones is 2. The number of esters is 1. The van der Waals surface area contributed by atoms with Crippen molar-refractivity contribution in [1.82, 2.24) is 4.90 Å². The van der Waals surface area contributed by atoms with Crippen molar-refractivity contribution < 1.29 is 48.0 Å². The van der Waals surface area contributed by atoms with Gasteiger partial charge in [0, 0.05) is 20.0 Å². The van der Waals surface area contributed by atoms with E-state index in [1.54, 1.807) is 44.2 Å². The summed E-state index contributed by atoms with van der Waals surface area (Å²) < 4.78 is 22.2. The Hall–Kier alpha value is -4.19. The second-order valence-corrected chi connectivity index (χ2v) is 12.7. The Bertz CT molecular complexity index is 1410. The number of carbonyl (C=O) groups excluding carboxylic acids is 5. The van der Waals surface area contributed by atoms with Gasteiger partial charge in [-0.15, -0.1) is 0 Å². The zero-order valence-electron chi connectivity index (χ0n) is 28.3. The second kappa shape index (κ2) is 18.4. The fraction of sp³-hybridized carbons (Fsp3) is 0.486. The quantitative estimate of drug-likeness (QED) is 0.128. The normalized spacial score (nSPS) is 17.6. The van der Waals surface area contributed by atoms with Crippen LogP contribution in [0, 0.1) is 11.8 Å². The number of cyclic esters (lactones) is 1. The van der Waals surface area contributed by atoms with Crippen LogP contribution in [-0.4, -0.2) is 83.2 Å². The van der Waals surface area contributed by atoms with Gasteiger partial charge < -0.3 is 24.1 Å². The van der Waals surface area contributed by atoms with Crippen LogP contribution in [0.2, 0.25) is 0 Å². The summed E-state index contributed by atoms with van der Waals surface area (Å²) in [6.45, 7) is 8.76. The van der Waals surface area contributed by atoms with E-state index in [1.165, 1.54) is 0 Å². The van der Waals surface area contributed by atoms with E-state index in [0.29, 0.717) is 18.6 Å². The highest BCUT2D eigenvalue weighted by atomic mass is 16.6. The van der Waals surface area contributed by atoms with Crippen LogP contribution in [0.25, 0.3) is 0 Å². The molecule has 4 atom stereocenters. The van der Waals surface area contributed by atoms with Crippen molar-refractivity contribution in [2.45, 2.75) is 84.3 Å². The molecule has 1 heterocycles. The fourth-order valence-corrected chi connectivity index (χ4v) is 5.83. The highest BCUT2D eigenvalue weighted by Gasteiger charge is 2.54. The van der Waals surface area contributed by atoms with Gasteiger partial charge in [0.1, 0.15) is 11.7 Å². The predicted molar refractivity (Wildman–Crippen MR) is 177 cm³/mol. The summed E-state index contributed by atoms with van der Waals surface area (Å²) in [4.78, 5) is 66.6. The van der Waals surface area contributed by atoms with Crippen molar-refractivity contribution in [2.24, 2.45) is 11.8 Å². The first-order valence-electron chi connectivity index (χ1n) is 16.2. The van der Waals surface area contributed by atoms with Gasteiger partial charge in [-0.3, -0.25) is 19.2 Å². The number of hydrogen-bond donors (Lipinski definition) is 1. The van der Waals surface area contributed by atoms with Gasteiger partial charge in [-0.2, -0.15) is 0 Å². The molecule has 1 aliphatic rings. The molecule has 0 bridgehead atoms. The van der Waals surface area contributed by atoms with Crippen molar-refractivity contribution in [1.29, 1.82) is 0 Å². The minimum Gasteiger partial charge on any atom is -0.453 e. The van der Waals surface area contributed by atoms with Crippen LogP contribution in [0.4, 0.5) is 4.79 Å². The second-order valence-electron chi connectivity index (χ2n) is 12.7. The molecule has 2 amide bonds. The Kier molecular flexibility index (Phi) is 14.6. The van der Waals surface area contributed by atoms with Gasteiger partial charge in [0.05, 0.1) is 31.8 Å². The molecule has 1 fully saturated rings. The van der Waals surface area contributed by atoms with E-state index in [1.807, 2.05) is 44.2 Å². The first-order chi connectivity index (χ1) is 22.8. The molecular weight excluding hydrogens is 618 g/mol. The third-order valence-corrected chi connectivity index (χ3v) is 7.94. The van der Waals surface area contributed by atoms with Gasteiger partial charge in [-0.1, -0.05) is 74.5 Å². The van der Waals surface area contributed by atoms with Gasteiger partial charge in [0.25, 0.3) is 0 Å². The lowest BCUT2D eigenvalue weighted by atomic mass is 9.85. The first kappa shape index (κ1) is 38.3. The molecule has 1 N–H and O–H groups in total. The zero-order chi connectivity index (χ0) is 35.3. The molecule has 48 heavy (non-hydrogen) atoms. The number of ether oxygens (including phenoxy) is 4. The topological polar surface area (TPSA) is 146 Å². The standard InChI is InChI=1S/C37H47NO10/c1-25(2)34-37(4,5)48-36(44)38(34)35(43)31(21-27-13-8-6-9-14-27)33(47-26(3)40)32(42)19-18-29(41)17-12-20-45-24-30(22-39)46-23-28-15-10-7-11-16-28/h6-11,13-16,18-19,25,30-31,33-34,39H,12,17,20-24H2,1-5H3/t30-,31-,33+,34+/m1/s1. The number of amides is 2. The summed E-state index contributed by atoms with van der Waals surface area (Å²) in [5, 5.41) is 9.58. The molecule has 11 heteroatoms. The summed E-state index contributed by atoms with van der Waals surface area (Å²) in [5.41, 5.74) is 0.670. The summed E-state index contributed by atoms with van der Waals surface area (Å²) in [6.07, 6.45) is -0.461. The molecule has 0 aromatic heterocycles. The molecule has 0 radical (unpaired) electrons. The minimum atomic E-state index is -1.60. The van der Waals surface area contributed by atoms with Crippen LogP contribution in [-0.2, 0) is 51.2 Å². The highest BCUT2D eigenvalue weighted by molar-refractivity contribution is 6.05. The van der Waals surface area contributed by atoms with Gasteiger partial charge in [-0.05, 0) is 55.9 Å². The lowest BCUT2D eigenvalue weighted by Crippen LogP contribution is -2.53. The van der Waals surface area contributed by atoms with Crippen LogP contribution in [0.15, 0.2) is 72.8 Å². The number of carbonyl (C=O) groups is 5. The predicted octanol–water partition coefficient (Wildman–Crippen LogP) is 4.63. The third kappa shape index (κ3) is 11.2. The lowest BCUT2D eigenvalue weighted by Gasteiger charge is -2.34. The van der Waals surface area contributed by atoms with E-state index in [0.717, 1.165) is 29.5 Å². The van der Waals surface area contributed by atoms with Crippen LogP contribution in [0.1, 0.15) is 58.6 Å². The van der Waals surface area contributed by atoms with E-state index in [9.17, 15) is 29.1 Å². The van der Waals surface area contributed by atoms with Gasteiger partial charge in [0.2, 0.25) is 5.91 Å². The Labute approximate surface area is 282 Å². The van der Waals surface area contributed by atoms with Crippen LogP contribution in [0.3, 0.4) is 0 Å². The van der Waals surface area contributed by atoms with E-state index < -0.39 is 53.5 Å². The lowest BCUT2D eigenvalue weighted by molar-refractivity contribution is -0.159. The average Bonchev–Trinajstić information content (AvgIpc) is 3.31. The van der Waals surface area contributed by atoms with Crippen LogP contribution >= 0.6 is 0 Å². The molecule has 0 aliphatic carbocycles. The van der Waals surface area contributed by atoms with E-state index >= 15 is 0 Å². The smallest absolute Gasteiger partial charge is 0.417 e. The first-order valence-corrected chi connectivity index (χ1v) is 16.2. The molecule has 3 rings (SSSR count). The Morgan fingerprint density at radius 2 is 1.60 bits per heavy atom. The Morgan fingerprint density at radius 3 is 2.19 bits per heavy atom. The number of rotatable bonds is 19. The maximum Gasteiger partial charge on any atom is 0.417 e. The molecule has 1 saturated heterocycles. The number of aliphatic hydroxyl groups excluding tert-OH is 1. The van der Waals surface area contributed by atoms with Gasteiger partial charge in [-0.25, -0.2) is 9.69 Å². The molecule has 0 saturated carbocycles. The van der Waals surface area contributed by atoms with Crippen molar-refractivity contribution in [2.75, 3.05) is 19.8 Å². The number of nitrogens with zero attached hydrogens (tertiary/aromatic N) is 1. The highest BCUT2D eigenvalue weighted by Crippen LogP contribution is 2.36. The van der Waals surface area contributed by atoms with Crippen LogP contribution in [0.5, 0.6) is 0 Å². The molecule has 0 spiro atoms. The monoisotopic (exact) mass is 665 g/mol. The largest absolute Gasteiger partial charge is 0.453 e. The van der Waals surface area contributed by atoms with Crippen molar-refractivity contribution in [3.63, 3.8) is 0 Å². The molecule has 1 aliphatic heterocycles. The maximum absolute atomic E-state index is 14.2. The van der Waals surface area contributed by atoms with Crippen molar-refractivity contribution in [3.8, 4) is 0 Å². The molecule has 0 unspecified atom stereocenters. The summed E-state index contributed by atoms with van der Waals surface area (Å²) >= 11 is 0. The summed E-state index contributed by atoms with van der Waals surface area (Å²) in [7, 11) is 0. The number of allylic oxidation sites excluding steroid dienone is 1. The molecule has 2 aromatic carbocycles. The number of imide groups is 1. The van der Waals surface area contributed by atoms with E-state index in [2.05, 4.69) is 0 Å². The average molecular weight is 666 g/mol. The fourth-order valence-electron chi connectivity index (χ4n) is 5.83. The summed E-state index contributed by atoms with van der Waals surface area (Å²) in [6, 6.07) is 17.8. The zero-order valence-corrected chi connectivity index (χ0v) is 28.3. The molecular formula is C37H47NO10. The Morgan fingerprint density at radius 1 is 0.979 bits per heavy atom. The van der Waals surface area contributed by atoms with Crippen molar-refractivity contribution >= 4 is 29.5 Å². The number of benzene rings is 2. The Balaban J connectivity index is 1.66. The number of hydrogen-bond acceptors (Lipinski definition) is 10. The third-order valence-electron chi connectivity index (χ3n) is 7.94. The number of aliphatic hydroxyl groups is 1. The van der Waals surface area contributed by atoms with Crippen LogP contribution < -0.4 is 0 Å². The van der Waals surface area contributed by atoms with Gasteiger partial charge in [0.15, 0.2) is 17.7 Å². The minimum absolute atomic E-state index is 0.0125. The molecule has 2 aromatic rings. The molecule has 260 valence electrons. The van der Waals surface area contributed by atoms with E-state index in [-0.39, 0.29) is 44.4 Å². The maximum atomic E-state index is 14.2. The van der Waals surface area contributed by atoms with E-state index in [4.69, 9.17) is 18.9 Å². The SMILES string of the molecule is CC(=O)O[C@H](C(=O)C=CC(=O)CCCOC[C@@H](CO)OCc1ccccc1)[C@@H](Cc1ccccc1)C(=O)N1C(=O)OC(C)(C)[C@@H]1C(C)C. The molecule has 11 nitrogen and oxygen atoms in total. The van der Waals surface area contributed by atoms with Gasteiger partial charge >= 0.3 is 12.1 Å². The summed E-state index contributed by atoms with van der Waals surface area (Å²) in [5.74, 6) is -4.09.